The minimum Gasteiger partial charge on any atom is -0.322 e. The van der Waals surface area contributed by atoms with Gasteiger partial charge in [-0.2, -0.15) is 4.31 Å². The maximum atomic E-state index is 13.7. The molecule has 0 spiro atoms. The van der Waals surface area contributed by atoms with Crippen molar-refractivity contribution in [2.75, 3.05) is 31.5 Å². The number of para-hydroxylation sites is 1. The summed E-state index contributed by atoms with van der Waals surface area (Å²) in [6, 6.07) is 8.58. The van der Waals surface area contributed by atoms with Crippen molar-refractivity contribution in [3.8, 4) is 0 Å². The quantitative estimate of drug-likeness (QED) is 0.771. The van der Waals surface area contributed by atoms with Crippen molar-refractivity contribution < 1.29 is 22.0 Å². The first-order valence-electron chi connectivity index (χ1n) is 8.95. The van der Waals surface area contributed by atoms with Crippen LogP contribution in [0.1, 0.15) is 6.92 Å². The summed E-state index contributed by atoms with van der Waals surface area (Å²) in [6.07, 6.45) is 0. The number of sulfonamides is 1. The second kappa shape index (κ2) is 8.74. The van der Waals surface area contributed by atoms with Crippen LogP contribution in [-0.4, -0.2) is 55.8 Å². The van der Waals surface area contributed by atoms with Gasteiger partial charge in [-0.25, -0.2) is 17.2 Å². The van der Waals surface area contributed by atoms with E-state index in [0.29, 0.717) is 13.1 Å². The maximum absolute atomic E-state index is 13.7. The fraction of sp³-hybridized carbons (Fsp3) is 0.316. The summed E-state index contributed by atoms with van der Waals surface area (Å²) in [6.45, 7) is 2.64. The monoisotopic (exact) mass is 443 g/mol. The number of anilines is 1. The molecule has 6 nitrogen and oxygen atoms in total. The third-order valence-corrected chi connectivity index (χ3v) is 7.05. The number of piperazine rings is 1. The van der Waals surface area contributed by atoms with Crippen LogP contribution in [0.25, 0.3) is 0 Å². The van der Waals surface area contributed by atoms with Gasteiger partial charge >= 0.3 is 0 Å². The number of halogens is 3. The minimum atomic E-state index is -3.82. The van der Waals surface area contributed by atoms with E-state index in [2.05, 4.69) is 5.32 Å². The lowest BCUT2D eigenvalue weighted by Gasteiger charge is -2.36. The van der Waals surface area contributed by atoms with Gasteiger partial charge in [-0.3, -0.25) is 9.69 Å². The lowest BCUT2D eigenvalue weighted by molar-refractivity contribution is -0.121. The Morgan fingerprint density at radius 3 is 2.34 bits per heavy atom. The third kappa shape index (κ3) is 4.75. The number of carbonyl (C=O) groups excluding carboxylic acids is 1. The van der Waals surface area contributed by atoms with E-state index in [-0.39, 0.29) is 34.6 Å². The maximum Gasteiger partial charge on any atom is 0.243 e. The number of hydrogen-bond donors (Lipinski definition) is 1. The largest absolute Gasteiger partial charge is 0.322 e. The Morgan fingerprint density at radius 1 is 1.07 bits per heavy atom. The van der Waals surface area contributed by atoms with Crippen molar-refractivity contribution >= 4 is 33.2 Å². The zero-order valence-corrected chi connectivity index (χ0v) is 17.2. The molecular weight excluding hydrogens is 424 g/mol. The van der Waals surface area contributed by atoms with Gasteiger partial charge in [0, 0.05) is 26.2 Å². The van der Waals surface area contributed by atoms with Crippen LogP contribution in [-0.2, 0) is 14.8 Å². The molecule has 1 atom stereocenters. The van der Waals surface area contributed by atoms with E-state index in [1.807, 2.05) is 4.90 Å². The van der Waals surface area contributed by atoms with Crippen LogP contribution in [0.3, 0.4) is 0 Å². The van der Waals surface area contributed by atoms with Crippen LogP contribution in [0, 0.1) is 11.6 Å². The number of hydrogen-bond acceptors (Lipinski definition) is 4. The van der Waals surface area contributed by atoms with E-state index in [9.17, 15) is 22.0 Å². The van der Waals surface area contributed by atoms with Crippen LogP contribution in [0.2, 0.25) is 5.02 Å². The van der Waals surface area contributed by atoms with Gasteiger partial charge in [-0.05, 0) is 37.3 Å². The number of carbonyl (C=O) groups is 1. The van der Waals surface area contributed by atoms with Crippen molar-refractivity contribution in [2.24, 2.45) is 0 Å². The molecule has 1 heterocycles. The highest BCUT2D eigenvalue weighted by atomic mass is 35.5. The minimum absolute atomic E-state index is 0.0808. The Hall–Kier alpha value is -2.07. The van der Waals surface area contributed by atoms with Crippen LogP contribution >= 0.6 is 11.6 Å². The average molecular weight is 444 g/mol. The first-order chi connectivity index (χ1) is 13.7. The Morgan fingerprint density at radius 2 is 1.72 bits per heavy atom. The number of rotatable bonds is 5. The molecular formula is C19H20ClF2N3O3S. The van der Waals surface area contributed by atoms with E-state index in [4.69, 9.17) is 11.6 Å². The van der Waals surface area contributed by atoms with Crippen molar-refractivity contribution in [3.05, 3.63) is 59.1 Å². The zero-order valence-electron chi connectivity index (χ0n) is 15.6. The molecule has 10 heteroatoms. The van der Waals surface area contributed by atoms with Gasteiger partial charge in [0.2, 0.25) is 15.9 Å². The van der Waals surface area contributed by atoms with Crippen LogP contribution in [0.4, 0.5) is 14.5 Å². The van der Waals surface area contributed by atoms with Gasteiger partial charge in [0.1, 0.15) is 11.6 Å². The van der Waals surface area contributed by atoms with E-state index >= 15 is 0 Å². The molecule has 1 aliphatic rings. The predicted molar refractivity (Wildman–Crippen MR) is 106 cm³/mol. The third-order valence-electron chi connectivity index (χ3n) is 4.86. The molecule has 2 aromatic carbocycles. The van der Waals surface area contributed by atoms with E-state index in [1.165, 1.54) is 28.6 Å². The summed E-state index contributed by atoms with van der Waals surface area (Å²) in [5.41, 5.74) is 0.0961. The van der Waals surface area contributed by atoms with Gasteiger partial charge in [-0.1, -0.05) is 23.7 Å². The Balaban J connectivity index is 1.62. The molecule has 29 heavy (non-hydrogen) atoms. The molecule has 0 radical (unpaired) electrons. The second-order valence-electron chi connectivity index (χ2n) is 6.66. The number of nitrogens with one attached hydrogen (secondary N) is 1. The second-order valence-corrected chi connectivity index (χ2v) is 9.01. The van der Waals surface area contributed by atoms with Gasteiger partial charge in [-0.15, -0.1) is 0 Å². The number of nitrogens with zero attached hydrogens (tertiary/aromatic N) is 2. The fourth-order valence-corrected chi connectivity index (χ4v) is 4.78. The Kier molecular flexibility index (Phi) is 6.52. The SMILES string of the molecule is CC(C(=O)Nc1ccccc1F)N1CCN(S(=O)(=O)c2ccc(F)c(Cl)c2)CC1. The molecule has 2 aromatic rings. The normalized spacial score (nSPS) is 17.1. The average Bonchev–Trinajstić information content (AvgIpc) is 2.71. The van der Waals surface area contributed by atoms with Gasteiger partial charge in [0.25, 0.3) is 0 Å². The van der Waals surface area contributed by atoms with Gasteiger partial charge in [0.15, 0.2) is 0 Å². The molecule has 1 fully saturated rings. The standard InChI is InChI=1S/C19H20ClF2N3O3S/c1-13(19(26)23-18-5-3-2-4-17(18)22)24-8-10-25(11-9-24)29(27,28)14-6-7-16(21)15(20)12-14/h2-7,12-13H,8-11H2,1H3,(H,23,26). The van der Waals surface area contributed by atoms with Crippen LogP contribution < -0.4 is 5.32 Å². The summed E-state index contributed by atoms with van der Waals surface area (Å²) in [7, 11) is -3.82. The first kappa shape index (κ1) is 21.6. The topological polar surface area (TPSA) is 69.7 Å². The highest BCUT2D eigenvalue weighted by Crippen LogP contribution is 2.23. The summed E-state index contributed by atoms with van der Waals surface area (Å²) >= 11 is 5.70. The van der Waals surface area contributed by atoms with E-state index < -0.39 is 27.7 Å². The first-order valence-corrected chi connectivity index (χ1v) is 10.8. The fourth-order valence-electron chi connectivity index (χ4n) is 3.08. The molecule has 0 aliphatic carbocycles. The number of amides is 1. The molecule has 1 N–H and O–H groups in total. The van der Waals surface area contributed by atoms with Crippen molar-refractivity contribution in [3.63, 3.8) is 0 Å². The molecule has 1 amide bonds. The molecule has 0 saturated carbocycles. The molecule has 1 saturated heterocycles. The lowest BCUT2D eigenvalue weighted by atomic mass is 10.2. The highest BCUT2D eigenvalue weighted by molar-refractivity contribution is 7.89. The van der Waals surface area contributed by atoms with Crippen molar-refractivity contribution in [1.82, 2.24) is 9.21 Å². The Labute approximate surface area is 173 Å². The molecule has 1 unspecified atom stereocenters. The van der Waals surface area contributed by atoms with E-state index in [0.717, 1.165) is 12.1 Å². The zero-order chi connectivity index (χ0) is 21.2. The number of benzene rings is 2. The smallest absolute Gasteiger partial charge is 0.243 e. The van der Waals surface area contributed by atoms with Crippen LogP contribution in [0.15, 0.2) is 47.4 Å². The predicted octanol–water partition coefficient (Wildman–Crippen LogP) is 2.95. The molecule has 3 rings (SSSR count). The summed E-state index contributed by atoms with van der Waals surface area (Å²) in [4.78, 5) is 14.2. The van der Waals surface area contributed by atoms with Gasteiger partial charge in [0.05, 0.1) is 21.6 Å². The summed E-state index contributed by atoms with van der Waals surface area (Å²) in [5.74, 6) is -1.59. The molecule has 1 aliphatic heterocycles. The van der Waals surface area contributed by atoms with Gasteiger partial charge < -0.3 is 5.32 Å². The summed E-state index contributed by atoms with van der Waals surface area (Å²) in [5, 5.41) is 2.29. The molecule has 156 valence electrons. The van der Waals surface area contributed by atoms with Crippen LogP contribution in [0.5, 0.6) is 0 Å². The van der Waals surface area contributed by atoms with Crippen molar-refractivity contribution in [1.29, 1.82) is 0 Å². The lowest BCUT2D eigenvalue weighted by Crippen LogP contribution is -2.53. The molecule has 0 bridgehead atoms. The molecule has 0 aromatic heterocycles. The van der Waals surface area contributed by atoms with E-state index in [1.54, 1.807) is 13.0 Å². The van der Waals surface area contributed by atoms with Crippen molar-refractivity contribution in [2.45, 2.75) is 17.9 Å². The summed E-state index contributed by atoms with van der Waals surface area (Å²) < 4.78 is 53.8. The Bertz CT molecular complexity index is 1010. The highest BCUT2D eigenvalue weighted by Gasteiger charge is 2.32.